The van der Waals surface area contributed by atoms with Crippen LogP contribution in [0.25, 0.3) is 0 Å². The summed E-state index contributed by atoms with van der Waals surface area (Å²) >= 11 is 0. The molecule has 1 fully saturated rings. The number of rotatable bonds is 0. The topological polar surface area (TPSA) is 80.5 Å². The van der Waals surface area contributed by atoms with Crippen LogP contribution in [0.5, 0.6) is 0 Å². The van der Waals surface area contributed by atoms with Crippen LogP contribution in [0.2, 0.25) is 0 Å². The maximum absolute atomic E-state index is 10.2. The maximum atomic E-state index is 10.2. The Hall–Kier alpha value is -0.820. The number of hydrogen-bond acceptors (Lipinski definition) is 6. The minimum absolute atomic E-state index is 0.400. The molecule has 2 aliphatic rings. The molecule has 0 aliphatic carbocycles. The monoisotopic (exact) mass is 212 g/mol. The average molecular weight is 212 g/mol. The van der Waals surface area contributed by atoms with Crippen molar-refractivity contribution in [3.05, 3.63) is 0 Å². The molecular formula is C9H16N4O2. The highest BCUT2D eigenvalue weighted by atomic mass is 16.5. The number of fused-ring (bicyclic) bond motifs is 1. The molecule has 1 unspecified atom stereocenters. The molecule has 0 aromatic rings. The highest BCUT2D eigenvalue weighted by molar-refractivity contribution is 6.06. The second-order valence-electron chi connectivity index (χ2n) is 4.95. The zero-order valence-corrected chi connectivity index (χ0v) is 9.31. The molecule has 0 radical (unpaired) electrons. The highest BCUT2D eigenvalue weighted by Crippen LogP contribution is 2.35. The molecule has 2 heterocycles. The minimum Gasteiger partial charge on any atom is -0.352 e. The first kappa shape index (κ1) is 10.7. The van der Waals surface area contributed by atoms with Gasteiger partial charge in [-0.25, -0.2) is 15.3 Å². The number of nitrogens with one attached hydrogen (secondary N) is 1. The van der Waals surface area contributed by atoms with Crippen molar-refractivity contribution in [3.8, 4) is 0 Å². The summed E-state index contributed by atoms with van der Waals surface area (Å²) in [6.45, 7) is 7.09. The van der Waals surface area contributed by atoms with E-state index in [1.807, 2.05) is 0 Å². The van der Waals surface area contributed by atoms with Crippen LogP contribution in [0.4, 0.5) is 0 Å². The van der Waals surface area contributed by atoms with E-state index >= 15 is 0 Å². The van der Waals surface area contributed by atoms with Crippen molar-refractivity contribution in [3.63, 3.8) is 0 Å². The third-order valence-corrected chi connectivity index (χ3v) is 2.88. The fourth-order valence-electron chi connectivity index (χ4n) is 2.28. The van der Waals surface area contributed by atoms with Gasteiger partial charge >= 0.3 is 0 Å². The quantitative estimate of drug-likeness (QED) is 0.525. The minimum atomic E-state index is -1.49. The number of aliphatic imine (C=N–C) groups is 2. The van der Waals surface area contributed by atoms with Crippen molar-refractivity contribution < 1.29 is 10.3 Å². The van der Waals surface area contributed by atoms with Gasteiger partial charge < -0.3 is 10.3 Å². The van der Waals surface area contributed by atoms with Crippen molar-refractivity contribution in [1.82, 2.24) is 10.4 Å². The Kier molecular flexibility index (Phi) is 1.89. The summed E-state index contributed by atoms with van der Waals surface area (Å²) in [4.78, 5) is 7.90. The Labute approximate surface area is 88.3 Å². The average Bonchev–Trinajstić information content (AvgIpc) is 2.43. The summed E-state index contributed by atoms with van der Waals surface area (Å²) in [5, 5.41) is 24.3. The molecule has 0 aromatic heterocycles. The van der Waals surface area contributed by atoms with E-state index in [-0.39, 0.29) is 0 Å². The van der Waals surface area contributed by atoms with Crippen molar-refractivity contribution in [2.45, 2.75) is 44.7 Å². The summed E-state index contributed by atoms with van der Waals surface area (Å²) in [5.74, 6) is -1.49. The number of aliphatic hydroxyl groups is 1. The van der Waals surface area contributed by atoms with E-state index < -0.39 is 17.1 Å². The van der Waals surface area contributed by atoms with Crippen LogP contribution in [0, 0.1) is 0 Å². The molecule has 0 aromatic carbocycles. The Bertz CT molecular complexity index is 361. The first-order chi connectivity index (χ1) is 6.70. The Morgan fingerprint density at radius 2 is 1.93 bits per heavy atom. The summed E-state index contributed by atoms with van der Waals surface area (Å²) in [6.07, 6.45) is 1.30. The van der Waals surface area contributed by atoms with Crippen LogP contribution in [0.3, 0.4) is 0 Å². The van der Waals surface area contributed by atoms with Crippen molar-refractivity contribution in [2.75, 3.05) is 0 Å². The summed E-state index contributed by atoms with van der Waals surface area (Å²) < 4.78 is 0. The molecule has 1 atom stereocenters. The zero-order chi connectivity index (χ0) is 11.5. The third-order valence-electron chi connectivity index (χ3n) is 2.88. The molecule has 0 amide bonds. The van der Waals surface area contributed by atoms with Gasteiger partial charge in [-0.1, -0.05) is 0 Å². The van der Waals surface area contributed by atoms with Crippen molar-refractivity contribution in [2.24, 2.45) is 9.98 Å². The van der Waals surface area contributed by atoms with E-state index in [0.29, 0.717) is 5.71 Å². The van der Waals surface area contributed by atoms with Crippen molar-refractivity contribution >= 4 is 12.1 Å². The van der Waals surface area contributed by atoms with Gasteiger partial charge in [-0.15, -0.1) is 0 Å². The molecular weight excluding hydrogens is 196 g/mol. The molecule has 2 rings (SSSR count). The van der Waals surface area contributed by atoms with Crippen LogP contribution in [-0.2, 0) is 0 Å². The molecule has 0 bridgehead atoms. The number of hydroxylamine groups is 2. The standard InChI is InChI=1S/C9H16N4O2/c1-7(2)6-9(14,11-5-10-6)12-8(3,4)13(7)15/h5,12,14-15H,1-4H3. The maximum Gasteiger partial charge on any atom is 0.259 e. The van der Waals surface area contributed by atoms with Crippen LogP contribution < -0.4 is 5.32 Å². The predicted octanol–water partition coefficient (Wildman–Crippen LogP) is -0.0755. The van der Waals surface area contributed by atoms with Crippen LogP contribution >= 0.6 is 0 Å². The second-order valence-corrected chi connectivity index (χ2v) is 4.95. The van der Waals surface area contributed by atoms with E-state index in [2.05, 4.69) is 15.3 Å². The normalized spacial score (nSPS) is 37.6. The molecule has 84 valence electrons. The molecule has 3 N–H and O–H groups in total. The first-order valence-electron chi connectivity index (χ1n) is 4.83. The second kappa shape index (κ2) is 2.65. The van der Waals surface area contributed by atoms with Gasteiger partial charge in [0.15, 0.2) is 0 Å². The molecule has 6 nitrogen and oxygen atoms in total. The Morgan fingerprint density at radius 3 is 2.53 bits per heavy atom. The van der Waals surface area contributed by atoms with Crippen LogP contribution in [0.15, 0.2) is 9.98 Å². The molecule has 2 aliphatic heterocycles. The van der Waals surface area contributed by atoms with Gasteiger partial charge in [0.2, 0.25) is 0 Å². The van der Waals surface area contributed by atoms with Gasteiger partial charge in [-0.3, -0.25) is 0 Å². The number of nitrogens with zero attached hydrogens (tertiary/aromatic N) is 3. The van der Waals surface area contributed by atoms with Gasteiger partial charge in [-0.05, 0) is 27.7 Å². The van der Waals surface area contributed by atoms with Gasteiger partial charge in [0, 0.05) is 0 Å². The van der Waals surface area contributed by atoms with E-state index in [9.17, 15) is 10.3 Å². The largest absolute Gasteiger partial charge is 0.352 e. The molecule has 15 heavy (non-hydrogen) atoms. The molecule has 0 saturated carbocycles. The van der Waals surface area contributed by atoms with E-state index in [0.717, 1.165) is 5.06 Å². The van der Waals surface area contributed by atoms with Crippen LogP contribution in [-0.4, -0.2) is 44.5 Å². The zero-order valence-electron chi connectivity index (χ0n) is 9.31. The lowest BCUT2D eigenvalue weighted by atomic mass is 9.87. The van der Waals surface area contributed by atoms with Crippen LogP contribution in [0.1, 0.15) is 27.7 Å². The van der Waals surface area contributed by atoms with E-state index in [4.69, 9.17) is 0 Å². The highest BCUT2D eigenvalue weighted by Gasteiger charge is 2.57. The van der Waals surface area contributed by atoms with Gasteiger partial charge in [0.25, 0.3) is 5.85 Å². The SMILES string of the molecule is CC1(C)NC2(O)N=CN=C2C(C)(C)N1O. The first-order valence-corrected chi connectivity index (χ1v) is 4.83. The third kappa shape index (κ3) is 1.26. The lowest BCUT2D eigenvalue weighted by molar-refractivity contribution is -0.242. The summed E-state index contributed by atoms with van der Waals surface area (Å²) in [7, 11) is 0. The van der Waals surface area contributed by atoms with Gasteiger partial charge in [0.05, 0.1) is 11.2 Å². The fraction of sp³-hybridized carbons (Fsp3) is 0.778. The summed E-state index contributed by atoms with van der Waals surface area (Å²) in [6, 6.07) is 0. The molecule has 0 spiro atoms. The lowest BCUT2D eigenvalue weighted by Crippen LogP contribution is -2.77. The van der Waals surface area contributed by atoms with E-state index in [1.54, 1.807) is 27.7 Å². The molecule has 6 heteroatoms. The lowest BCUT2D eigenvalue weighted by Gasteiger charge is -2.53. The van der Waals surface area contributed by atoms with Crippen molar-refractivity contribution in [1.29, 1.82) is 0 Å². The van der Waals surface area contributed by atoms with E-state index in [1.165, 1.54) is 6.34 Å². The smallest absolute Gasteiger partial charge is 0.259 e. The molecule has 1 saturated heterocycles. The predicted molar refractivity (Wildman–Crippen MR) is 55.8 cm³/mol. The Morgan fingerprint density at radius 1 is 1.33 bits per heavy atom. The fourth-order valence-corrected chi connectivity index (χ4v) is 2.28. The number of hydrogen-bond donors (Lipinski definition) is 3. The van der Waals surface area contributed by atoms with Gasteiger partial charge in [0.1, 0.15) is 12.1 Å². The summed E-state index contributed by atoms with van der Waals surface area (Å²) in [5.41, 5.74) is -1.14. The van der Waals surface area contributed by atoms with Gasteiger partial charge in [-0.2, -0.15) is 5.06 Å². The Balaban J connectivity index is 2.51.